The second-order valence-corrected chi connectivity index (χ2v) is 5.85. The second-order valence-electron chi connectivity index (χ2n) is 3.93. The maximum absolute atomic E-state index is 13.4. The zero-order chi connectivity index (χ0) is 15.6. The highest BCUT2D eigenvalue weighted by Crippen LogP contribution is 2.28. The third kappa shape index (κ3) is 3.15. The van der Waals surface area contributed by atoms with Gasteiger partial charge in [-0.25, -0.2) is 17.2 Å². The van der Waals surface area contributed by atoms with Crippen LogP contribution < -0.4 is 4.74 Å². The molecule has 0 N–H and O–H groups in total. The number of ether oxygens (including phenoxy) is 1. The van der Waals surface area contributed by atoms with Gasteiger partial charge in [-0.05, 0) is 36.4 Å². The summed E-state index contributed by atoms with van der Waals surface area (Å²) in [5.74, 6) is -6.19. The smallest absolute Gasteiger partial charge is 0.341 e. The highest BCUT2D eigenvalue weighted by Gasteiger charge is 2.26. The lowest BCUT2D eigenvalue weighted by atomic mass is 10.3. The molecule has 2 rings (SSSR count). The molecule has 8 heteroatoms. The van der Waals surface area contributed by atoms with E-state index >= 15 is 0 Å². The van der Waals surface area contributed by atoms with Gasteiger partial charge in [0.25, 0.3) is 0 Å². The van der Waals surface area contributed by atoms with Gasteiger partial charge in [-0.2, -0.15) is 8.78 Å². The summed E-state index contributed by atoms with van der Waals surface area (Å²) in [5.41, 5.74) is 0. The van der Waals surface area contributed by atoms with Crippen molar-refractivity contribution in [2.45, 2.75) is 10.7 Å². The molecule has 0 aliphatic heterocycles. The van der Waals surface area contributed by atoms with Crippen LogP contribution in [0.4, 0.5) is 17.6 Å². The van der Waals surface area contributed by atoms with Crippen molar-refractivity contribution in [3.63, 3.8) is 0 Å². The lowest BCUT2D eigenvalue weighted by molar-refractivity contribution is 0.234. The average molecular weight is 320 g/mol. The third-order valence-electron chi connectivity index (χ3n) is 2.53. The largest absolute Gasteiger partial charge is 0.451 e. The van der Waals surface area contributed by atoms with Gasteiger partial charge in [0.2, 0.25) is 9.84 Å². The van der Waals surface area contributed by atoms with E-state index in [1.54, 1.807) is 0 Å². The van der Waals surface area contributed by atoms with Crippen LogP contribution in [0.5, 0.6) is 11.5 Å². The minimum atomic E-state index is -4.72. The summed E-state index contributed by atoms with van der Waals surface area (Å²) in [6.07, 6.45) is 0. The van der Waals surface area contributed by atoms with Crippen LogP contribution in [0.1, 0.15) is 0 Å². The quantitative estimate of drug-likeness (QED) is 0.806. The fourth-order valence-corrected chi connectivity index (χ4v) is 2.22. The predicted molar refractivity (Wildman–Crippen MR) is 66.1 cm³/mol. The highest BCUT2D eigenvalue weighted by molar-refractivity contribution is 7.91. The molecule has 0 unspecified atom stereocenters. The Balaban J connectivity index is 2.29. The summed E-state index contributed by atoms with van der Waals surface area (Å²) in [7, 11) is -4.72. The van der Waals surface area contributed by atoms with Crippen LogP contribution in [0.3, 0.4) is 0 Å². The van der Waals surface area contributed by atoms with E-state index in [1.165, 1.54) is 0 Å². The fraction of sp³-hybridized carbons (Fsp3) is 0.0769. The number of sulfone groups is 1. The van der Waals surface area contributed by atoms with E-state index in [9.17, 15) is 26.0 Å². The van der Waals surface area contributed by atoms with Gasteiger partial charge in [0.1, 0.15) is 5.75 Å². The van der Waals surface area contributed by atoms with Crippen molar-refractivity contribution in [2.24, 2.45) is 0 Å². The summed E-state index contributed by atoms with van der Waals surface area (Å²) in [4.78, 5) is -0.612. The van der Waals surface area contributed by atoms with Gasteiger partial charge in [0.05, 0.1) is 4.90 Å². The molecule has 0 amide bonds. The lowest BCUT2D eigenvalue weighted by Crippen LogP contribution is -2.11. The molecule has 0 bridgehead atoms. The third-order valence-corrected chi connectivity index (χ3v) is 3.92. The molecule has 0 radical (unpaired) electrons. The summed E-state index contributed by atoms with van der Waals surface area (Å²) in [5, 5.41) is 0. The van der Waals surface area contributed by atoms with E-state index in [2.05, 4.69) is 0 Å². The predicted octanol–water partition coefficient (Wildman–Crippen LogP) is 3.75. The number of alkyl halides is 2. The SMILES string of the molecule is O=S(=O)(c1ccc(Oc2c(F)cccc2F)cc1)C(F)F. The Kier molecular flexibility index (Phi) is 4.17. The minimum absolute atomic E-state index is 0.0905. The zero-order valence-electron chi connectivity index (χ0n) is 10.3. The molecule has 0 saturated carbocycles. The van der Waals surface area contributed by atoms with Crippen LogP contribution in [-0.2, 0) is 9.84 Å². The van der Waals surface area contributed by atoms with Gasteiger partial charge in [0.15, 0.2) is 17.4 Å². The molecular formula is C13H8F4O3S. The molecule has 0 atom stereocenters. The number of halogens is 4. The summed E-state index contributed by atoms with van der Waals surface area (Å²) >= 11 is 0. The Labute approximate surface area is 117 Å². The van der Waals surface area contributed by atoms with Crippen LogP contribution in [-0.4, -0.2) is 14.2 Å². The first-order valence-electron chi connectivity index (χ1n) is 5.56. The molecule has 0 heterocycles. The Morgan fingerprint density at radius 3 is 1.90 bits per heavy atom. The lowest BCUT2D eigenvalue weighted by Gasteiger charge is -2.08. The van der Waals surface area contributed by atoms with Crippen molar-refractivity contribution < 1.29 is 30.7 Å². The van der Waals surface area contributed by atoms with Crippen molar-refractivity contribution in [1.82, 2.24) is 0 Å². The van der Waals surface area contributed by atoms with Crippen molar-refractivity contribution in [2.75, 3.05) is 0 Å². The van der Waals surface area contributed by atoms with Crippen molar-refractivity contribution in [3.8, 4) is 11.5 Å². The Bertz CT molecular complexity index is 722. The topological polar surface area (TPSA) is 43.4 Å². The summed E-state index contributed by atoms with van der Waals surface area (Å²) < 4.78 is 78.7. The molecule has 0 aliphatic carbocycles. The number of hydrogen-bond acceptors (Lipinski definition) is 3. The Morgan fingerprint density at radius 1 is 0.905 bits per heavy atom. The van der Waals surface area contributed by atoms with Gasteiger partial charge in [-0.1, -0.05) is 6.07 Å². The van der Waals surface area contributed by atoms with Gasteiger partial charge >= 0.3 is 5.76 Å². The van der Waals surface area contributed by atoms with Crippen LogP contribution >= 0.6 is 0 Å². The molecule has 0 aliphatic rings. The van der Waals surface area contributed by atoms with E-state index in [-0.39, 0.29) is 5.75 Å². The van der Waals surface area contributed by atoms with Gasteiger partial charge in [-0.15, -0.1) is 0 Å². The fourth-order valence-electron chi connectivity index (χ4n) is 1.50. The van der Waals surface area contributed by atoms with Crippen LogP contribution in [0.2, 0.25) is 0 Å². The average Bonchev–Trinajstić information content (AvgIpc) is 2.43. The van der Waals surface area contributed by atoms with Crippen LogP contribution in [0.25, 0.3) is 0 Å². The van der Waals surface area contributed by atoms with Crippen LogP contribution in [0.15, 0.2) is 47.4 Å². The van der Waals surface area contributed by atoms with Crippen molar-refractivity contribution in [3.05, 3.63) is 54.1 Å². The molecule has 2 aromatic rings. The second kappa shape index (κ2) is 5.72. The molecule has 0 fully saturated rings. The number of benzene rings is 2. The first-order valence-corrected chi connectivity index (χ1v) is 7.11. The molecule has 112 valence electrons. The van der Waals surface area contributed by atoms with E-state index in [1.807, 2.05) is 0 Å². The first-order chi connectivity index (χ1) is 9.82. The molecule has 3 nitrogen and oxygen atoms in total. The Morgan fingerprint density at radius 2 is 1.43 bits per heavy atom. The van der Waals surface area contributed by atoms with E-state index in [0.717, 1.165) is 42.5 Å². The van der Waals surface area contributed by atoms with Gasteiger partial charge in [0, 0.05) is 0 Å². The Hall–Kier alpha value is -2.09. The standard InChI is InChI=1S/C13H8F4O3S/c14-10-2-1-3-11(15)12(10)20-8-4-6-9(7-5-8)21(18,19)13(16)17/h1-7,13H. The molecule has 2 aromatic carbocycles. The highest BCUT2D eigenvalue weighted by atomic mass is 32.2. The van der Waals surface area contributed by atoms with Gasteiger partial charge < -0.3 is 4.74 Å². The summed E-state index contributed by atoms with van der Waals surface area (Å²) in [6.45, 7) is 0. The van der Waals surface area contributed by atoms with E-state index in [0.29, 0.717) is 0 Å². The number of para-hydroxylation sites is 1. The molecule has 0 saturated heterocycles. The number of rotatable bonds is 4. The molecule has 21 heavy (non-hydrogen) atoms. The monoisotopic (exact) mass is 320 g/mol. The molecule has 0 spiro atoms. The minimum Gasteiger partial charge on any atom is -0.451 e. The maximum Gasteiger partial charge on any atom is 0.341 e. The summed E-state index contributed by atoms with van der Waals surface area (Å²) in [6, 6.07) is 6.91. The number of hydrogen-bond donors (Lipinski definition) is 0. The first kappa shape index (κ1) is 15.3. The molecular weight excluding hydrogens is 312 g/mol. The molecule has 0 aromatic heterocycles. The zero-order valence-corrected chi connectivity index (χ0v) is 11.1. The van der Waals surface area contributed by atoms with Crippen LogP contribution in [0, 0.1) is 11.6 Å². The normalized spacial score (nSPS) is 11.7. The van der Waals surface area contributed by atoms with Gasteiger partial charge in [-0.3, -0.25) is 0 Å². The van der Waals surface area contributed by atoms with E-state index < -0.39 is 37.9 Å². The van der Waals surface area contributed by atoms with Crippen molar-refractivity contribution >= 4 is 9.84 Å². The van der Waals surface area contributed by atoms with E-state index in [4.69, 9.17) is 4.74 Å². The maximum atomic E-state index is 13.4. The van der Waals surface area contributed by atoms with Crippen molar-refractivity contribution in [1.29, 1.82) is 0 Å².